The number of nitrogens with two attached hydrogens (primary N) is 2. The average molecular weight is 317 g/mol. The van der Waals surface area contributed by atoms with Crippen molar-refractivity contribution >= 4 is 11.9 Å². The van der Waals surface area contributed by atoms with Gasteiger partial charge in [-0.15, -0.1) is 0 Å². The number of aliphatic carboxylic acids is 2. The summed E-state index contributed by atoms with van der Waals surface area (Å²) in [4.78, 5) is 20.3. The molecule has 0 saturated heterocycles. The Hall–Kier alpha value is -0.621. The number of carboxylic acid groups (broad SMARTS) is 2. The van der Waals surface area contributed by atoms with Crippen LogP contribution in [0, 0.1) is 11.8 Å². The SMILES string of the molecule is CC[C@H](C)[C@H](N)C(=O)O.CC[C@H](C)[C@H](N)C(=O)O.[Mn]. The van der Waals surface area contributed by atoms with Crippen LogP contribution in [0.1, 0.15) is 40.5 Å². The molecule has 0 bridgehead atoms. The first-order valence-electron chi connectivity index (χ1n) is 6.15. The van der Waals surface area contributed by atoms with E-state index in [9.17, 15) is 9.59 Å². The summed E-state index contributed by atoms with van der Waals surface area (Å²) < 4.78 is 0. The second-order valence-corrected chi connectivity index (χ2v) is 4.50. The number of carbonyl (C=O) groups is 2. The molecule has 0 aromatic carbocycles. The van der Waals surface area contributed by atoms with E-state index in [-0.39, 0.29) is 28.9 Å². The van der Waals surface area contributed by atoms with Crippen molar-refractivity contribution in [3.63, 3.8) is 0 Å². The normalized spacial score (nSPS) is 15.9. The van der Waals surface area contributed by atoms with E-state index < -0.39 is 24.0 Å². The minimum absolute atomic E-state index is 0. The fourth-order valence-corrected chi connectivity index (χ4v) is 0.995. The number of rotatable bonds is 6. The molecule has 115 valence electrons. The van der Waals surface area contributed by atoms with Crippen molar-refractivity contribution in [3.8, 4) is 0 Å². The molecule has 19 heavy (non-hydrogen) atoms. The maximum atomic E-state index is 10.2. The molecule has 0 fully saturated rings. The van der Waals surface area contributed by atoms with Crippen molar-refractivity contribution in [2.24, 2.45) is 23.3 Å². The molecule has 0 aromatic rings. The van der Waals surface area contributed by atoms with E-state index in [2.05, 4.69) is 0 Å². The first-order chi connectivity index (χ1) is 8.18. The van der Waals surface area contributed by atoms with E-state index in [1.807, 2.05) is 27.7 Å². The van der Waals surface area contributed by atoms with Gasteiger partial charge in [-0.05, 0) is 11.8 Å². The summed E-state index contributed by atoms with van der Waals surface area (Å²) in [7, 11) is 0. The van der Waals surface area contributed by atoms with E-state index in [0.717, 1.165) is 12.8 Å². The summed E-state index contributed by atoms with van der Waals surface area (Å²) in [6.45, 7) is 7.51. The molecule has 0 aromatic heterocycles. The molecule has 0 aliphatic heterocycles. The Morgan fingerprint density at radius 1 is 0.895 bits per heavy atom. The molecule has 4 atom stereocenters. The third-order valence-corrected chi connectivity index (χ3v) is 3.08. The molecule has 6 nitrogen and oxygen atoms in total. The van der Waals surface area contributed by atoms with Crippen molar-refractivity contribution in [2.45, 2.75) is 52.6 Å². The predicted octanol–water partition coefficient (Wildman–Crippen LogP) is 0.886. The Kier molecular flexibility index (Phi) is 15.3. The van der Waals surface area contributed by atoms with Crippen LogP contribution in [0.25, 0.3) is 0 Å². The van der Waals surface area contributed by atoms with Crippen LogP contribution in [0.15, 0.2) is 0 Å². The van der Waals surface area contributed by atoms with Gasteiger partial charge < -0.3 is 21.7 Å². The van der Waals surface area contributed by atoms with Crippen LogP contribution < -0.4 is 11.5 Å². The topological polar surface area (TPSA) is 127 Å². The van der Waals surface area contributed by atoms with Gasteiger partial charge in [-0.1, -0.05) is 40.5 Å². The Labute approximate surface area is 125 Å². The standard InChI is InChI=1S/2C6H13NO2.Mn/c2*1-3-4(2)5(7)6(8)9;/h2*4-5H,3,7H2,1-2H3,(H,8,9);/t2*4-,5-;/m00./s1. The summed E-state index contributed by atoms with van der Waals surface area (Å²) in [6.07, 6.45) is 1.63. The summed E-state index contributed by atoms with van der Waals surface area (Å²) in [5.74, 6) is -1.68. The van der Waals surface area contributed by atoms with Crippen LogP contribution in [-0.2, 0) is 26.7 Å². The maximum absolute atomic E-state index is 10.2. The van der Waals surface area contributed by atoms with E-state index in [1.54, 1.807) is 0 Å². The monoisotopic (exact) mass is 317 g/mol. The molecule has 0 aliphatic carbocycles. The Balaban J connectivity index is -0.000000256. The van der Waals surface area contributed by atoms with Gasteiger partial charge in [0.25, 0.3) is 0 Å². The summed E-state index contributed by atoms with van der Waals surface area (Å²) in [5, 5.41) is 16.7. The van der Waals surface area contributed by atoms with Gasteiger partial charge in [0.1, 0.15) is 12.1 Å². The molecule has 1 radical (unpaired) electrons. The van der Waals surface area contributed by atoms with Crippen molar-refractivity contribution < 1.29 is 36.9 Å². The fraction of sp³-hybridized carbons (Fsp3) is 0.833. The van der Waals surface area contributed by atoms with Crippen LogP contribution in [0.4, 0.5) is 0 Å². The summed E-state index contributed by atoms with van der Waals surface area (Å²) >= 11 is 0. The number of hydrogen-bond donors (Lipinski definition) is 4. The molecular weight excluding hydrogens is 291 g/mol. The average Bonchev–Trinajstić information content (AvgIpc) is 2.35. The van der Waals surface area contributed by atoms with Gasteiger partial charge in [0.15, 0.2) is 0 Å². The van der Waals surface area contributed by atoms with E-state index >= 15 is 0 Å². The van der Waals surface area contributed by atoms with Gasteiger partial charge in [-0.2, -0.15) is 0 Å². The zero-order valence-electron chi connectivity index (χ0n) is 12.0. The summed E-state index contributed by atoms with van der Waals surface area (Å²) in [5.41, 5.74) is 10.5. The molecule has 0 aliphatic rings. The number of carboxylic acids is 2. The van der Waals surface area contributed by atoms with Crippen LogP contribution in [0.5, 0.6) is 0 Å². The Bertz CT molecular complexity index is 238. The third kappa shape index (κ3) is 10.9. The Morgan fingerprint density at radius 3 is 1.16 bits per heavy atom. The van der Waals surface area contributed by atoms with E-state index in [1.165, 1.54) is 0 Å². The van der Waals surface area contributed by atoms with Gasteiger partial charge >= 0.3 is 11.9 Å². The van der Waals surface area contributed by atoms with Gasteiger partial charge in [0.05, 0.1) is 0 Å². The molecule has 0 rings (SSSR count). The zero-order valence-corrected chi connectivity index (χ0v) is 13.1. The van der Waals surface area contributed by atoms with Crippen molar-refractivity contribution in [3.05, 3.63) is 0 Å². The molecule has 0 saturated carbocycles. The minimum Gasteiger partial charge on any atom is -0.480 e. The van der Waals surface area contributed by atoms with E-state index in [4.69, 9.17) is 21.7 Å². The van der Waals surface area contributed by atoms with Gasteiger partial charge in [0, 0.05) is 17.1 Å². The summed E-state index contributed by atoms with van der Waals surface area (Å²) in [6, 6.07) is -1.40. The minimum atomic E-state index is -0.913. The van der Waals surface area contributed by atoms with Crippen molar-refractivity contribution in [1.29, 1.82) is 0 Å². The first kappa shape index (κ1) is 23.5. The second-order valence-electron chi connectivity index (χ2n) is 4.50. The molecule has 6 N–H and O–H groups in total. The zero-order chi connectivity index (χ0) is 14.9. The first-order valence-corrected chi connectivity index (χ1v) is 6.15. The third-order valence-electron chi connectivity index (χ3n) is 3.08. The van der Waals surface area contributed by atoms with Crippen LogP contribution in [0.2, 0.25) is 0 Å². The predicted molar refractivity (Wildman–Crippen MR) is 70.1 cm³/mol. The van der Waals surface area contributed by atoms with Crippen molar-refractivity contribution in [2.75, 3.05) is 0 Å². The molecule has 7 heteroatoms. The van der Waals surface area contributed by atoms with Crippen LogP contribution in [-0.4, -0.2) is 34.2 Å². The second kappa shape index (κ2) is 12.4. The molecule has 0 heterocycles. The quantitative estimate of drug-likeness (QED) is 0.539. The van der Waals surface area contributed by atoms with Crippen molar-refractivity contribution in [1.82, 2.24) is 0 Å². The van der Waals surface area contributed by atoms with Gasteiger partial charge in [-0.3, -0.25) is 9.59 Å². The largest absolute Gasteiger partial charge is 0.480 e. The van der Waals surface area contributed by atoms with E-state index in [0.29, 0.717) is 0 Å². The van der Waals surface area contributed by atoms with Gasteiger partial charge in [-0.25, -0.2) is 0 Å². The van der Waals surface area contributed by atoms with Gasteiger partial charge in [0.2, 0.25) is 0 Å². The molecule has 0 unspecified atom stereocenters. The molecule has 0 amide bonds. The molecular formula is C12H26MnN2O4. The fourth-order valence-electron chi connectivity index (χ4n) is 0.995. The van der Waals surface area contributed by atoms with Crippen LogP contribution >= 0.6 is 0 Å². The number of hydrogen-bond acceptors (Lipinski definition) is 4. The Morgan fingerprint density at radius 2 is 1.11 bits per heavy atom. The smallest absolute Gasteiger partial charge is 0.320 e. The van der Waals surface area contributed by atoms with Crippen LogP contribution in [0.3, 0.4) is 0 Å². The maximum Gasteiger partial charge on any atom is 0.320 e. The molecule has 0 spiro atoms.